The molecule has 0 spiro atoms. The Labute approximate surface area is 135 Å². The topological polar surface area (TPSA) is 50.4 Å². The number of aryl methyl sites for hydroxylation is 1. The lowest BCUT2D eigenvalue weighted by Gasteiger charge is -2.08. The third kappa shape index (κ3) is 2.16. The molecule has 0 saturated carbocycles. The summed E-state index contributed by atoms with van der Waals surface area (Å²) in [6, 6.07) is 10.0. The summed E-state index contributed by atoms with van der Waals surface area (Å²) in [4.78, 5) is 11.6. The van der Waals surface area contributed by atoms with E-state index in [1.807, 2.05) is 47.9 Å². The molecule has 110 valence electrons. The molecule has 0 aliphatic carbocycles. The second kappa shape index (κ2) is 5.31. The van der Waals surface area contributed by atoms with Crippen LogP contribution in [0.1, 0.15) is 21.6 Å². The molecular formula is C16H13N3OS2. The first-order valence-corrected chi connectivity index (χ1v) is 8.48. The molecule has 1 atom stereocenters. The Kier molecular flexibility index (Phi) is 3.29. The molecule has 6 heteroatoms. The van der Waals surface area contributed by atoms with Gasteiger partial charge in [0, 0.05) is 16.6 Å². The van der Waals surface area contributed by atoms with Gasteiger partial charge in [0.05, 0.1) is 16.8 Å². The van der Waals surface area contributed by atoms with E-state index in [1.165, 1.54) is 11.3 Å². The zero-order valence-electron chi connectivity index (χ0n) is 11.8. The molecule has 0 fully saturated rings. The van der Waals surface area contributed by atoms with Crippen LogP contribution in [0.15, 0.2) is 49.1 Å². The number of hydrogen-bond acceptors (Lipinski definition) is 5. The van der Waals surface area contributed by atoms with E-state index in [0.29, 0.717) is 0 Å². The minimum Gasteiger partial charge on any atom is -0.381 e. The number of nitrogens with zero attached hydrogens (tertiary/aromatic N) is 3. The number of hydrogen-bond donors (Lipinski definition) is 1. The highest BCUT2D eigenvalue weighted by Crippen LogP contribution is 2.35. The minimum absolute atomic E-state index is 0.682. The smallest absolute Gasteiger partial charge is 0.131 e. The normalized spacial score (nSPS) is 12.8. The second-order valence-electron chi connectivity index (χ2n) is 4.98. The van der Waals surface area contributed by atoms with E-state index >= 15 is 0 Å². The molecule has 0 radical (unpaired) electrons. The number of aliphatic hydroxyl groups excluding tert-OH is 1. The Morgan fingerprint density at radius 2 is 1.95 bits per heavy atom. The van der Waals surface area contributed by atoms with Crippen molar-refractivity contribution in [2.45, 2.75) is 13.0 Å². The maximum absolute atomic E-state index is 10.8. The summed E-state index contributed by atoms with van der Waals surface area (Å²) in [5.41, 5.74) is 1.95. The molecule has 0 aliphatic heterocycles. The van der Waals surface area contributed by atoms with Crippen LogP contribution in [-0.4, -0.2) is 19.5 Å². The summed E-state index contributed by atoms with van der Waals surface area (Å²) in [5, 5.41) is 11.7. The largest absolute Gasteiger partial charge is 0.381 e. The molecule has 0 aliphatic rings. The van der Waals surface area contributed by atoms with Gasteiger partial charge in [-0.2, -0.15) is 0 Å². The Morgan fingerprint density at radius 1 is 1.14 bits per heavy atom. The van der Waals surface area contributed by atoms with Crippen molar-refractivity contribution in [3.05, 3.63) is 64.5 Å². The van der Waals surface area contributed by atoms with Crippen LogP contribution >= 0.6 is 22.7 Å². The monoisotopic (exact) mass is 327 g/mol. The number of rotatable bonds is 3. The molecule has 3 aromatic heterocycles. The Hall–Kier alpha value is -2.02. The molecule has 1 aromatic carbocycles. The maximum atomic E-state index is 10.8. The predicted molar refractivity (Wildman–Crippen MR) is 89.4 cm³/mol. The van der Waals surface area contributed by atoms with Gasteiger partial charge in [0.25, 0.3) is 0 Å². The van der Waals surface area contributed by atoms with Gasteiger partial charge >= 0.3 is 0 Å². The number of benzene rings is 1. The Bertz CT molecular complexity index is 923. The van der Waals surface area contributed by atoms with Crippen molar-refractivity contribution in [2.75, 3.05) is 0 Å². The first kappa shape index (κ1) is 13.6. The zero-order chi connectivity index (χ0) is 15.1. The summed E-state index contributed by atoms with van der Waals surface area (Å²) in [7, 11) is 0. The standard InChI is InChI=1S/C16H13N3OS2/c1-10-14(19-9-17-8-13(19)21-10)15(20)12-7-18-16(22-12)11-5-3-2-4-6-11/h2-9,15,20H,1H3. The average Bonchev–Trinajstić information content (AvgIpc) is 3.22. The minimum atomic E-state index is -0.682. The van der Waals surface area contributed by atoms with Crippen molar-refractivity contribution < 1.29 is 5.11 Å². The van der Waals surface area contributed by atoms with E-state index in [1.54, 1.807) is 23.9 Å². The van der Waals surface area contributed by atoms with E-state index < -0.39 is 6.10 Å². The van der Waals surface area contributed by atoms with E-state index in [9.17, 15) is 5.11 Å². The van der Waals surface area contributed by atoms with Gasteiger partial charge in [0.15, 0.2) is 0 Å². The van der Waals surface area contributed by atoms with E-state index in [2.05, 4.69) is 9.97 Å². The van der Waals surface area contributed by atoms with Crippen molar-refractivity contribution in [2.24, 2.45) is 0 Å². The molecule has 22 heavy (non-hydrogen) atoms. The lowest BCUT2D eigenvalue weighted by molar-refractivity contribution is 0.217. The zero-order valence-corrected chi connectivity index (χ0v) is 13.4. The molecule has 0 bridgehead atoms. The summed E-state index contributed by atoms with van der Waals surface area (Å²) >= 11 is 3.16. The molecule has 1 N–H and O–H groups in total. The van der Waals surface area contributed by atoms with Crippen LogP contribution in [0, 0.1) is 6.92 Å². The lowest BCUT2D eigenvalue weighted by Crippen LogP contribution is -2.02. The van der Waals surface area contributed by atoms with Crippen LogP contribution in [0.3, 0.4) is 0 Å². The van der Waals surface area contributed by atoms with Gasteiger partial charge < -0.3 is 5.11 Å². The Morgan fingerprint density at radius 3 is 2.77 bits per heavy atom. The highest BCUT2D eigenvalue weighted by atomic mass is 32.1. The summed E-state index contributed by atoms with van der Waals surface area (Å²) in [6.07, 6.45) is 4.64. The average molecular weight is 327 g/mol. The van der Waals surface area contributed by atoms with E-state index in [-0.39, 0.29) is 0 Å². The fraction of sp³-hybridized carbons (Fsp3) is 0.125. The molecular weight excluding hydrogens is 314 g/mol. The molecule has 0 amide bonds. The van der Waals surface area contributed by atoms with Crippen molar-refractivity contribution in [1.82, 2.24) is 14.4 Å². The van der Waals surface area contributed by atoms with E-state index in [0.717, 1.165) is 30.8 Å². The molecule has 4 nitrogen and oxygen atoms in total. The van der Waals surface area contributed by atoms with Crippen LogP contribution in [0.5, 0.6) is 0 Å². The van der Waals surface area contributed by atoms with Crippen LogP contribution in [0.4, 0.5) is 0 Å². The fourth-order valence-electron chi connectivity index (χ4n) is 2.50. The highest BCUT2D eigenvalue weighted by Gasteiger charge is 2.21. The molecule has 4 rings (SSSR count). The predicted octanol–water partition coefficient (Wildman–Crippen LogP) is 3.91. The van der Waals surface area contributed by atoms with Gasteiger partial charge in [-0.05, 0) is 6.92 Å². The Balaban J connectivity index is 1.75. The lowest BCUT2D eigenvalue weighted by atomic mass is 10.2. The first-order valence-electron chi connectivity index (χ1n) is 6.84. The maximum Gasteiger partial charge on any atom is 0.131 e. The first-order chi connectivity index (χ1) is 10.7. The molecule has 4 aromatic rings. The van der Waals surface area contributed by atoms with Gasteiger partial charge in [-0.3, -0.25) is 4.40 Å². The van der Waals surface area contributed by atoms with Crippen LogP contribution in [0.2, 0.25) is 0 Å². The number of fused-ring (bicyclic) bond motifs is 1. The van der Waals surface area contributed by atoms with Gasteiger partial charge in [-0.1, -0.05) is 30.3 Å². The number of aromatic nitrogens is 3. The van der Waals surface area contributed by atoms with Crippen molar-refractivity contribution >= 4 is 27.5 Å². The fourth-order valence-corrected chi connectivity index (χ4v) is 4.40. The molecule has 3 heterocycles. The summed E-state index contributed by atoms with van der Waals surface area (Å²) in [5.74, 6) is 0. The number of thiazole rings is 2. The van der Waals surface area contributed by atoms with Gasteiger partial charge in [0.2, 0.25) is 0 Å². The summed E-state index contributed by atoms with van der Waals surface area (Å²) in [6.45, 7) is 2.02. The van der Waals surface area contributed by atoms with Crippen molar-refractivity contribution in [3.8, 4) is 10.6 Å². The molecule has 1 unspecified atom stereocenters. The van der Waals surface area contributed by atoms with Crippen molar-refractivity contribution in [3.63, 3.8) is 0 Å². The van der Waals surface area contributed by atoms with Crippen LogP contribution in [0.25, 0.3) is 15.4 Å². The number of imidazole rings is 1. The van der Waals surface area contributed by atoms with Gasteiger partial charge in [-0.25, -0.2) is 9.97 Å². The van der Waals surface area contributed by atoms with Gasteiger partial charge in [-0.15, -0.1) is 22.7 Å². The highest BCUT2D eigenvalue weighted by molar-refractivity contribution is 7.17. The third-order valence-corrected chi connectivity index (χ3v) is 5.68. The van der Waals surface area contributed by atoms with Crippen LogP contribution in [-0.2, 0) is 0 Å². The SMILES string of the molecule is Cc1sc2cncn2c1C(O)c1cnc(-c2ccccc2)s1. The quantitative estimate of drug-likeness (QED) is 0.621. The van der Waals surface area contributed by atoms with Crippen LogP contribution < -0.4 is 0 Å². The van der Waals surface area contributed by atoms with Gasteiger partial charge in [0.1, 0.15) is 22.3 Å². The third-order valence-electron chi connectivity index (χ3n) is 3.56. The van der Waals surface area contributed by atoms with E-state index in [4.69, 9.17) is 0 Å². The second-order valence-corrected chi connectivity index (χ2v) is 7.28. The molecule has 0 saturated heterocycles. The van der Waals surface area contributed by atoms with Crippen molar-refractivity contribution in [1.29, 1.82) is 0 Å². The number of aliphatic hydroxyl groups is 1. The summed E-state index contributed by atoms with van der Waals surface area (Å²) < 4.78 is 1.95.